The van der Waals surface area contributed by atoms with Gasteiger partial charge in [0, 0.05) is 11.9 Å². The average molecular weight is 309 g/mol. The van der Waals surface area contributed by atoms with Gasteiger partial charge in [0.15, 0.2) is 9.84 Å². The van der Waals surface area contributed by atoms with E-state index in [2.05, 4.69) is 15.3 Å². The van der Waals surface area contributed by atoms with Gasteiger partial charge < -0.3 is 11.1 Å². The molecule has 0 aliphatic heterocycles. The molecule has 9 nitrogen and oxygen atoms in total. The quantitative estimate of drug-likeness (QED) is 0.632. The summed E-state index contributed by atoms with van der Waals surface area (Å²) in [5.74, 6) is -0.185. The largest absolute Gasteiger partial charge is 0.368 e. The summed E-state index contributed by atoms with van der Waals surface area (Å²) in [5, 5.41) is 13.6. The van der Waals surface area contributed by atoms with Crippen LogP contribution in [0.15, 0.2) is 35.4 Å². The third kappa shape index (κ3) is 3.42. The van der Waals surface area contributed by atoms with Crippen LogP contribution in [0.2, 0.25) is 0 Å². The zero-order valence-corrected chi connectivity index (χ0v) is 11.7. The predicted molar refractivity (Wildman–Crippen MR) is 75.9 cm³/mol. The number of rotatable bonds is 4. The van der Waals surface area contributed by atoms with Gasteiger partial charge in [-0.2, -0.15) is 4.98 Å². The first kappa shape index (κ1) is 14.7. The molecule has 0 fully saturated rings. The van der Waals surface area contributed by atoms with E-state index in [4.69, 9.17) is 5.73 Å². The van der Waals surface area contributed by atoms with E-state index in [1.165, 1.54) is 24.3 Å². The Morgan fingerprint density at radius 3 is 2.43 bits per heavy atom. The maximum atomic E-state index is 11.3. The third-order valence-electron chi connectivity index (χ3n) is 2.53. The predicted octanol–water partition coefficient (Wildman–Crippen LogP) is 1.11. The van der Waals surface area contributed by atoms with Gasteiger partial charge in [-0.3, -0.25) is 10.1 Å². The second-order valence-corrected chi connectivity index (χ2v) is 6.16. The molecule has 21 heavy (non-hydrogen) atoms. The molecule has 0 bridgehead atoms. The summed E-state index contributed by atoms with van der Waals surface area (Å²) >= 11 is 0. The minimum absolute atomic E-state index is 0.0698. The Hall–Kier alpha value is -2.75. The first-order valence-electron chi connectivity index (χ1n) is 5.61. The molecule has 0 amide bonds. The molecule has 1 aromatic carbocycles. The van der Waals surface area contributed by atoms with Crippen LogP contribution in [0.4, 0.5) is 23.1 Å². The molecular weight excluding hydrogens is 298 g/mol. The van der Waals surface area contributed by atoms with Gasteiger partial charge in [0.1, 0.15) is 6.20 Å². The van der Waals surface area contributed by atoms with Crippen LogP contribution in [0.25, 0.3) is 0 Å². The van der Waals surface area contributed by atoms with Crippen molar-refractivity contribution in [2.45, 2.75) is 4.90 Å². The normalized spacial score (nSPS) is 11.1. The van der Waals surface area contributed by atoms with Crippen molar-refractivity contribution in [1.82, 2.24) is 9.97 Å². The lowest BCUT2D eigenvalue weighted by Gasteiger charge is -2.07. The second-order valence-electron chi connectivity index (χ2n) is 4.14. The van der Waals surface area contributed by atoms with E-state index in [-0.39, 0.29) is 22.3 Å². The Balaban J connectivity index is 2.34. The molecule has 0 aliphatic carbocycles. The lowest BCUT2D eigenvalue weighted by Crippen LogP contribution is -2.04. The number of hydrogen-bond acceptors (Lipinski definition) is 8. The Kier molecular flexibility index (Phi) is 3.72. The summed E-state index contributed by atoms with van der Waals surface area (Å²) in [5.41, 5.74) is 5.50. The number of nitrogens with two attached hydrogens (primary N) is 1. The number of nitrogens with zero attached hydrogens (tertiary/aromatic N) is 3. The molecule has 0 aliphatic rings. The lowest BCUT2D eigenvalue weighted by atomic mass is 10.3. The molecule has 0 unspecified atom stereocenters. The summed E-state index contributed by atoms with van der Waals surface area (Å²) < 4.78 is 22.7. The smallest absolute Gasteiger partial charge is 0.329 e. The zero-order valence-electron chi connectivity index (χ0n) is 10.8. The van der Waals surface area contributed by atoms with E-state index in [9.17, 15) is 18.5 Å². The zero-order chi connectivity index (χ0) is 15.6. The monoisotopic (exact) mass is 309 g/mol. The number of hydrogen-bond donors (Lipinski definition) is 2. The molecule has 0 spiro atoms. The summed E-state index contributed by atoms with van der Waals surface area (Å²) in [6, 6.07) is 5.71. The standard InChI is InChI=1S/C11H11N5O4S/c1-21(19,20)8-4-2-7(3-5-8)14-10-9(16(17)18)6-13-11(12)15-10/h2-6H,1H3,(H3,12,13,14,15). The van der Waals surface area contributed by atoms with Crippen molar-refractivity contribution in [2.24, 2.45) is 0 Å². The fourth-order valence-electron chi connectivity index (χ4n) is 1.54. The highest BCUT2D eigenvalue weighted by Crippen LogP contribution is 2.25. The van der Waals surface area contributed by atoms with Crippen molar-refractivity contribution in [1.29, 1.82) is 0 Å². The summed E-state index contributed by atoms with van der Waals surface area (Å²) in [6.45, 7) is 0. The second kappa shape index (κ2) is 5.32. The molecule has 3 N–H and O–H groups in total. The number of benzene rings is 1. The Labute approximate surface area is 119 Å². The molecule has 110 valence electrons. The number of nitrogens with one attached hydrogen (secondary N) is 1. The Morgan fingerprint density at radius 2 is 1.90 bits per heavy atom. The minimum atomic E-state index is -3.30. The number of nitro groups is 1. The first-order valence-corrected chi connectivity index (χ1v) is 7.50. The van der Waals surface area contributed by atoms with Crippen molar-refractivity contribution < 1.29 is 13.3 Å². The van der Waals surface area contributed by atoms with E-state index in [1.54, 1.807) is 0 Å². The van der Waals surface area contributed by atoms with Crippen molar-refractivity contribution in [3.8, 4) is 0 Å². The van der Waals surface area contributed by atoms with E-state index >= 15 is 0 Å². The molecule has 1 heterocycles. The van der Waals surface area contributed by atoms with Crippen LogP contribution in [0.5, 0.6) is 0 Å². The van der Waals surface area contributed by atoms with Gasteiger partial charge in [0.25, 0.3) is 0 Å². The minimum Gasteiger partial charge on any atom is -0.368 e. The lowest BCUT2D eigenvalue weighted by molar-refractivity contribution is -0.384. The van der Waals surface area contributed by atoms with Gasteiger partial charge in [-0.15, -0.1) is 0 Å². The molecule has 2 aromatic rings. The van der Waals surface area contributed by atoms with Crippen LogP contribution >= 0.6 is 0 Å². The van der Waals surface area contributed by atoms with Crippen molar-refractivity contribution in [3.05, 3.63) is 40.6 Å². The van der Waals surface area contributed by atoms with Gasteiger partial charge in [-0.05, 0) is 24.3 Å². The first-order chi connectivity index (χ1) is 9.77. The van der Waals surface area contributed by atoms with Crippen LogP contribution in [0, 0.1) is 10.1 Å². The SMILES string of the molecule is CS(=O)(=O)c1ccc(Nc2nc(N)ncc2[N+](=O)[O-])cc1. The number of anilines is 3. The van der Waals surface area contributed by atoms with E-state index in [1.807, 2.05) is 0 Å². The molecule has 0 saturated heterocycles. The van der Waals surface area contributed by atoms with Crippen LogP contribution in [0.3, 0.4) is 0 Å². The molecule has 0 radical (unpaired) electrons. The van der Waals surface area contributed by atoms with E-state index in [0.717, 1.165) is 12.5 Å². The molecule has 0 atom stereocenters. The highest BCUT2D eigenvalue weighted by atomic mass is 32.2. The highest BCUT2D eigenvalue weighted by molar-refractivity contribution is 7.90. The van der Waals surface area contributed by atoms with Crippen LogP contribution in [-0.2, 0) is 9.84 Å². The van der Waals surface area contributed by atoms with Gasteiger partial charge in [-0.25, -0.2) is 13.4 Å². The maximum Gasteiger partial charge on any atom is 0.329 e. The van der Waals surface area contributed by atoms with Crippen molar-refractivity contribution in [2.75, 3.05) is 17.3 Å². The molecule has 0 saturated carbocycles. The Bertz CT molecular complexity index is 789. The van der Waals surface area contributed by atoms with E-state index < -0.39 is 14.8 Å². The van der Waals surface area contributed by atoms with Gasteiger partial charge in [-0.1, -0.05) is 0 Å². The number of sulfone groups is 1. The van der Waals surface area contributed by atoms with Crippen molar-refractivity contribution >= 4 is 33.0 Å². The van der Waals surface area contributed by atoms with Gasteiger partial charge in [0.05, 0.1) is 9.82 Å². The van der Waals surface area contributed by atoms with Crippen LogP contribution in [0.1, 0.15) is 0 Å². The highest BCUT2D eigenvalue weighted by Gasteiger charge is 2.17. The average Bonchev–Trinajstić information content (AvgIpc) is 2.38. The van der Waals surface area contributed by atoms with Crippen LogP contribution in [-0.4, -0.2) is 29.6 Å². The summed E-state index contributed by atoms with van der Waals surface area (Å²) in [4.78, 5) is 17.7. The number of nitrogen functional groups attached to an aromatic ring is 1. The number of aromatic nitrogens is 2. The maximum absolute atomic E-state index is 11.3. The molecule has 2 rings (SSSR count). The molecular formula is C11H11N5O4S. The van der Waals surface area contributed by atoms with Crippen LogP contribution < -0.4 is 11.1 Å². The topological polar surface area (TPSA) is 141 Å². The molecule has 1 aromatic heterocycles. The third-order valence-corrected chi connectivity index (χ3v) is 3.66. The summed E-state index contributed by atoms with van der Waals surface area (Å²) in [7, 11) is -3.30. The molecule has 10 heteroatoms. The fourth-order valence-corrected chi connectivity index (χ4v) is 2.17. The fraction of sp³-hybridized carbons (Fsp3) is 0.0909. The van der Waals surface area contributed by atoms with Gasteiger partial charge in [0.2, 0.25) is 11.8 Å². The Morgan fingerprint density at radius 1 is 1.29 bits per heavy atom. The van der Waals surface area contributed by atoms with Crippen molar-refractivity contribution in [3.63, 3.8) is 0 Å². The summed E-state index contributed by atoms with van der Waals surface area (Å²) in [6.07, 6.45) is 2.08. The van der Waals surface area contributed by atoms with Gasteiger partial charge >= 0.3 is 5.69 Å². The van der Waals surface area contributed by atoms with E-state index in [0.29, 0.717) is 5.69 Å².